The zero-order chi connectivity index (χ0) is 19.4. The van der Waals surface area contributed by atoms with Gasteiger partial charge in [0, 0.05) is 17.9 Å². The molecule has 142 valence electrons. The molecule has 0 spiro atoms. The third kappa shape index (κ3) is 6.39. The number of rotatable bonds is 8. The minimum atomic E-state index is -5.11. The fraction of sp³-hybridized carbons (Fsp3) is 0.250. The van der Waals surface area contributed by atoms with Gasteiger partial charge in [-0.25, -0.2) is 0 Å². The quantitative estimate of drug-likeness (QED) is 0.443. The third-order valence-corrected chi connectivity index (χ3v) is 7.32. The predicted octanol–water partition coefficient (Wildman–Crippen LogP) is 3.11. The first-order valence-corrected chi connectivity index (χ1v) is 11.1. The van der Waals surface area contributed by atoms with Crippen molar-refractivity contribution in [3.8, 4) is 5.75 Å². The Balaban J connectivity index is 2.29. The maximum atomic E-state index is 11.5. The summed E-state index contributed by atoms with van der Waals surface area (Å²) in [5, 5.41) is 0.475. The molecule has 2 rings (SSSR count). The normalized spacial score (nSPS) is 14.6. The summed E-state index contributed by atoms with van der Waals surface area (Å²) >= 11 is 5.81. The van der Waals surface area contributed by atoms with Crippen LogP contribution in [0.2, 0.25) is 5.02 Å². The summed E-state index contributed by atoms with van der Waals surface area (Å²) < 4.78 is 49.4. The Kier molecular flexibility index (Phi) is 6.85. The van der Waals surface area contributed by atoms with Gasteiger partial charge < -0.3 is 14.5 Å². The topological polar surface area (TPSA) is 121 Å². The van der Waals surface area contributed by atoms with E-state index in [0.29, 0.717) is 10.8 Å². The van der Waals surface area contributed by atoms with Crippen LogP contribution in [0, 0.1) is 0 Å². The first kappa shape index (κ1) is 20.9. The van der Waals surface area contributed by atoms with Crippen molar-refractivity contribution in [1.29, 1.82) is 0 Å². The molecule has 2 aromatic carbocycles. The zero-order valence-electron chi connectivity index (χ0n) is 13.5. The van der Waals surface area contributed by atoms with Crippen molar-refractivity contribution in [3.63, 3.8) is 0 Å². The number of ether oxygens (including phenoxy) is 1. The van der Waals surface area contributed by atoms with E-state index in [0.717, 1.165) is 5.56 Å². The molecule has 2 unspecified atom stereocenters. The van der Waals surface area contributed by atoms with Crippen LogP contribution in [0.25, 0.3) is 0 Å². The van der Waals surface area contributed by atoms with Crippen molar-refractivity contribution in [3.05, 3.63) is 65.2 Å². The summed E-state index contributed by atoms with van der Waals surface area (Å²) in [5.41, 5.74) is 0.784. The van der Waals surface area contributed by atoms with Gasteiger partial charge in [-0.05, 0) is 29.8 Å². The predicted molar refractivity (Wildman–Crippen MR) is 98.0 cm³/mol. The van der Waals surface area contributed by atoms with Crippen LogP contribution in [-0.2, 0) is 21.1 Å². The lowest BCUT2D eigenvalue weighted by molar-refractivity contribution is 0.190. The molecule has 26 heavy (non-hydrogen) atoms. The Labute approximate surface area is 156 Å². The van der Waals surface area contributed by atoms with Crippen LogP contribution < -0.4 is 4.74 Å². The Bertz CT molecular complexity index is 865. The minimum Gasteiger partial charge on any atom is -0.490 e. The first-order chi connectivity index (χ1) is 12.1. The molecule has 2 aromatic rings. The van der Waals surface area contributed by atoms with Crippen LogP contribution in [-0.4, -0.2) is 33.9 Å². The average molecular weight is 421 g/mol. The molecular weight excluding hydrogens is 403 g/mol. The molecule has 0 aliphatic carbocycles. The van der Waals surface area contributed by atoms with Crippen molar-refractivity contribution >= 4 is 29.3 Å². The molecule has 0 aromatic heterocycles. The Morgan fingerprint density at radius 1 is 1.04 bits per heavy atom. The Morgan fingerprint density at radius 2 is 1.62 bits per heavy atom. The van der Waals surface area contributed by atoms with Gasteiger partial charge in [0.25, 0.3) is 10.1 Å². The lowest BCUT2D eigenvalue weighted by Crippen LogP contribution is -2.30. The molecule has 0 saturated heterocycles. The summed E-state index contributed by atoms with van der Waals surface area (Å²) in [7, 11) is -10.1. The molecule has 0 radical (unpaired) electrons. The molecule has 7 nitrogen and oxygen atoms in total. The van der Waals surface area contributed by atoms with E-state index in [-0.39, 0.29) is 6.42 Å². The molecule has 0 bridgehead atoms. The highest BCUT2D eigenvalue weighted by molar-refractivity contribution is 7.93. The molecule has 2 atom stereocenters. The highest BCUT2D eigenvalue weighted by Gasteiger charge is 2.42. The second kappa shape index (κ2) is 8.52. The maximum Gasteiger partial charge on any atom is 0.346 e. The molecule has 0 aliphatic heterocycles. The molecule has 10 heteroatoms. The van der Waals surface area contributed by atoms with Crippen molar-refractivity contribution < 1.29 is 32.1 Å². The Morgan fingerprint density at radius 3 is 2.12 bits per heavy atom. The smallest absolute Gasteiger partial charge is 0.346 e. The molecule has 0 saturated carbocycles. The second-order valence-electron chi connectivity index (χ2n) is 5.68. The van der Waals surface area contributed by atoms with Crippen LogP contribution in [0.15, 0.2) is 54.6 Å². The number of benzene rings is 2. The van der Waals surface area contributed by atoms with Gasteiger partial charge in [0.2, 0.25) is 0 Å². The van der Waals surface area contributed by atoms with Crippen LogP contribution in [0.1, 0.15) is 12.0 Å². The number of hydrogen-bond donors (Lipinski definition) is 3. The van der Waals surface area contributed by atoms with E-state index in [2.05, 4.69) is 0 Å². The van der Waals surface area contributed by atoms with Crippen molar-refractivity contribution in [2.24, 2.45) is 0 Å². The standard InChI is InChI=1S/C16H18ClO7PS/c17-13-6-8-14(9-7-13)24-15(10-12-4-2-1-3-5-12)11-16(25(18,19)20)26(21,22)23/h1-9,15-16H,10-11H2,(H2,18,19,20)(H,21,22,23). The monoisotopic (exact) mass is 420 g/mol. The van der Waals surface area contributed by atoms with Gasteiger partial charge in [-0.3, -0.25) is 9.12 Å². The molecule has 0 heterocycles. The number of hydrogen-bond acceptors (Lipinski definition) is 4. The molecule has 3 N–H and O–H groups in total. The minimum absolute atomic E-state index is 0.190. The van der Waals surface area contributed by atoms with Gasteiger partial charge in [-0.1, -0.05) is 41.9 Å². The van der Waals surface area contributed by atoms with E-state index in [4.69, 9.17) is 16.3 Å². The summed E-state index contributed by atoms with van der Waals surface area (Å²) in [6, 6.07) is 15.2. The van der Waals surface area contributed by atoms with Crippen molar-refractivity contribution in [2.45, 2.75) is 23.9 Å². The van der Waals surface area contributed by atoms with E-state index in [1.165, 1.54) is 0 Å². The van der Waals surface area contributed by atoms with Crippen LogP contribution >= 0.6 is 19.2 Å². The van der Waals surface area contributed by atoms with E-state index >= 15 is 0 Å². The lowest BCUT2D eigenvalue weighted by atomic mass is 10.1. The summed E-state index contributed by atoms with van der Waals surface area (Å²) in [6.07, 6.45) is -1.30. The van der Waals surface area contributed by atoms with E-state index in [1.807, 2.05) is 0 Å². The van der Waals surface area contributed by atoms with Crippen LogP contribution in [0.3, 0.4) is 0 Å². The highest BCUT2D eigenvalue weighted by Crippen LogP contribution is 2.46. The SMILES string of the molecule is O=P(O)(O)C(CC(Cc1ccccc1)Oc1ccc(Cl)cc1)S(=O)(=O)O. The average Bonchev–Trinajstić information content (AvgIpc) is 2.53. The van der Waals surface area contributed by atoms with Gasteiger partial charge >= 0.3 is 7.60 Å². The largest absolute Gasteiger partial charge is 0.490 e. The van der Waals surface area contributed by atoms with E-state index < -0.39 is 35.2 Å². The Hall–Kier alpha value is -1.41. The fourth-order valence-corrected chi connectivity index (χ4v) is 4.89. The third-order valence-electron chi connectivity index (χ3n) is 3.61. The fourth-order valence-electron chi connectivity index (χ4n) is 2.41. The summed E-state index contributed by atoms with van der Waals surface area (Å²) in [4.78, 5) is 16.4. The zero-order valence-corrected chi connectivity index (χ0v) is 15.9. The van der Waals surface area contributed by atoms with Gasteiger partial charge in [0.15, 0.2) is 4.99 Å². The van der Waals surface area contributed by atoms with E-state index in [9.17, 15) is 27.3 Å². The lowest BCUT2D eigenvalue weighted by Gasteiger charge is -2.24. The molecule has 0 amide bonds. The van der Waals surface area contributed by atoms with Gasteiger partial charge in [-0.2, -0.15) is 8.42 Å². The summed E-state index contributed by atoms with van der Waals surface area (Å²) in [6.45, 7) is 0. The highest BCUT2D eigenvalue weighted by atomic mass is 35.5. The van der Waals surface area contributed by atoms with Crippen LogP contribution in [0.4, 0.5) is 0 Å². The van der Waals surface area contributed by atoms with Crippen molar-refractivity contribution in [2.75, 3.05) is 0 Å². The summed E-state index contributed by atoms with van der Waals surface area (Å²) in [5.74, 6) is 0.357. The van der Waals surface area contributed by atoms with Gasteiger partial charge in [0.1, 0.15) is 11.9 Å². The first-order valence-electron chi connectivity index (χ1n) is 7.53. The van der Waals surface area contributed by atoms with Crippen molar-refractivity contribution in [1.82, 2.24) is 0 Å². The molecule has 0 aliphatic rings. The van der Waals surface area contributed by atoms with E-state index in [1.54, 1.807) is 54.6 Å². The molecule has 0 fully saturated rings. The number of halogens is 1. The maximum absolute atomic E-state index is 11.5. The van der Waals surface area contributed by atoms with Gasteiger partial charge in [-0.15, -0.1) is 0 Å². The molecular formula is C16H18ClO7PS. The van der Waals surface area contributed by atoms with Crippen LogP contribution in [0.5, 0.6) is 5.75 Å². The van der Waals surface area contributed by atoms with Gasteiger partial charge in [0.05, 0.1) is 0 Å². The second-order valence-corrected chi connectivity index (χ2v) is 9.86.